The van der Waals surface area contributed by atoms with Crippen LogP contribution in [0.3, 0.4) is 0 Å². The van der Waals surface area contributed by atoms with E-state index < -0.39 is 0 Å². The average molecular weight is 278 g/mol. The fourth-order valence-electron chi connectivity index (χ4n) is 2.42. The molecule has 0 spiro atoms. The van der Waals surface area contributed by atoms with Gasteiger partial charge in [-0.05, 0) is 49.1 Å². The molecule has 3 nitrogen and oxygen atoms in total. The number of anilines is 1. The van der Waals surface area contributed by atoms with Crippen molar-refractivity contribution in [3.05, 3.63) is 65.9 Å². The molecule has 0 saturated carbocycles. The number of nitrogens with one attached hydrogen (secondary N) is 1. The number of benzene rings is 2. The minimum absolute atomic E-state index is 0.0159. The second-order valence-electron chi connectivity index (χ2n) is 5.42. The molecule has 0 aliphatic rings. The summed E-state index contributed by atoms with van der Waals surface area (Å²) in [5.41, 5.74) is 4.30. The Bertz CT molecular complexity index is 785. The van der Waals surface area contributed by atoms with E-state index in [4.69, 9.17) is 0 Å². The molecule has 3 rings (SSSR count). The van der Waals surface area contributed by atoms with Crippen molar-refractivity contribution >= 4 is 22.5 Å². The maximum atomic E-state index is 12.2. The second-order valence-corrected chi connectivity index (χ2v) is 5.42. The van der Waals surface area contributed by atoms with Crippen molar-refractivity contribution in [2.24, 2.45) is 0 Å². The van der Waals surface area contributed by atoms with Crippen LogP contribution in [-0.4, -0.2) is 10.5 Å². The minimum atomic E-state index is -0.0159. The van der Waals surface area contributed by atoms with Gasteiger partial charge in [-0.1, -0.05) is 29.8 Å². The number of carbonyl (C=O) groups excluding carboxylic acids is 1. The number of nitrogens with zero attached hydrogens (tertiary/aromatic N) is 1. The smallest absolute Gasteiger partial charge is 0.244 e. The predicted octanol–water partition coefficient (Wildman–Crippen LogP) is 3.90. The van der Waals surface area contributed by atoms with E-state index in [0.29, 0.717) is 6.54 Å². The third-order valence-electron chi connectivity index (χ3n) is 3.58. The SMILES string of the molecule is Cc1ccc(NC(=O)Cn2ccc3ccc(C)cc32)cc1. The third-order valence-corrected chi connectivity index (χ3v) is 3.58. The Morgan fingerprint density at radius 2 is 1.71 bits per heavy atom. The van der Waals surface area contributed by atoms with Gasteiger partial charge in [0.2, 0.25) is 5.91 Å². The summed E-state index contributed by atoms with van der Waals surface area (Å²) in [7, 11) is 0. The van der Waals surface area contributed by atoms with Gasteiger partial charge in [0.1, 0.15) is 6.54 Å². The fraction of sp³-hybridized carbons (Fsp3) is 0.167. The van der Waals surface area contributed by atoms with Crippen molar-refractivity contribution in [1.29, 1.82) is 0 Å². The first-order valence-electron chi connectivity index (χ1n) is 7.04. The maximum Gasteiger partial charge on any atom is 0.244 e. The average Bonchev–Trinajstić information content (AvgIpc) is 2.84. The molecular formula is C18H18N2O. The number of hydrogen-bond acceptors (Lipinski definition) is 1. The van der Waals surface area contributed by atoms with Crippen LogP contribution in [-0.2, 0) is 11.3 Å². The van der Waals surface area contributed by atoms with E-state index in [0.717, 1.165) is 16.6 Å². The Balaban J connectivity index is 1.77. The van der Waals surface area contributed by atoms with Crippen molar-refractivity contribution < 1.29 is 4.79 Å². The lowest BCUT2D eigenvalue weighted by molar-refractivity contribution is -0.116. The Morgan fingerprint density at radius 3 is 2.48 bits per heavy atom. The monoisotopic (exact) mass is 278 g/mol. The summed E-state index contributed by atoms with van der Waals surface area (Å²) in [5.74, 6) is -0.0159. The minimum Gasteiger partial charge on any atom is -0.338 e. The molecule has 1 N–H and O–H groups in total. The molecule has 1 heterocycles. The Morgan fingerprint density at radius 1 is 1.00 bits per heavy atom. The van der Waals surface area contributed by atoms with Crippen molar-refractivity contribution in [1.82, 2.24) is 4.57 Å². The van der Waals surface area contributed by atoms with Gasteiger partial charge in [0, 0.05) is 17.4 Å². The van der Waals surface area contributed by atoms with Gasteiger partial charge >= 0.3 is 0 Å². The number of aryl methyl sites for hydroxylation is 2. The molecule has 0 fully saturated rings. The quantitative estimate of drug-likeness (QED) is 0.774. The van der Waals surface area contributed by atoms with E-state index in [-0.39, 0.29) is 5.91 Å². The molecule has 0 saturated heterocycles. The zero-order valence-electron chi connectivity index (χ0n) is 12.3. The number of hydrogen-bond donors (Lipinski definition) is 1. The van der Waals surface area contributed by atoms with Crippen molar-refractivity contribution in [3.63, 3.8) is 0 Å². The standard InChI is InChI=1S/C18H18N2O/c1-13-4-7-16(8-5-13)19-18(21)12-20-10-9-15-6-3-14(2)11-17(15)20/h3-11H,12H2,1-2H3,(H,19,21). The van der Waals surface area contributed by atoms with E-state index in [2.05, 4.69) is 30.4 Å². The molecule has 0 atom stereocenters. The Kier molecular flexibility index (Phi) is 3.48. The molecule has 0 aliphatic heterocycles. The van der Waals surface area contributed by atoms with Crippen LogP contribution in [0.25, 0.3) is 10.9 Å². The first-order valence-corrected chi connectivity index (χ1v) is 7.04. The van der Waals surface area contributed by atoms with Gasteiger partial charge in [-0.2, -0.15) is 0 Å². The van der Waals surface area contributed by atoms with E-state index >= 15 is 0 Å². The highest BCUT2D eigenvalue weighted by molar-refractivity contribution is 5.92. The number of aromatic nitrogens is 1. The molecule has 0 aliphatic carbocycles. The van der Waals surface area contributed by atoms with Crippen LogP contribution in [0.4, 0.5) is 5.69 Å². The van der Waals surface area contributed by atoms with E-state index in [1.807, 2.05) is 48.0 Å². The van der Waals surface area contributed by atoms with Gasteiger partial charge < -0.3 is 9.88 Å². The highest BCUT2D eigenvalue weighted by Crippen LogP contribution is 2.17. The van der Waals surface area contributed by atoms with E-state index in [1.165, 1.54) is 11.1 Å². The first kappa shape index (κ1) is 13.4. The molecule has 3 aromatic rings. The molecule has 0 radical (unpaired) electrons. The molecule has 3 heteroatoms. The molecule has 1 amide bonds. The summed E-state index contributed by atoms with van der Waals surface area (Å²) in [6.45, 7) is 4.41. The normalized spacial score (nSPS) is 10.8. The number of rotatable bonds is 3. The van der Waals surface area contributed by atoms with Gasteiger partial charge in [0.15, 0.2) is 0 Å². The van der Waals surface area contributed by atoms with Crippen LogP contribution < -0.4 is 5.32 Å². The van der Waals surface area contributed by atoms with Crippen LogP contribution in [0.1, 0.15) is 11.1 Å². The van der Waals surface area contributed by atoms with E-state index in [1.54, 1.807) is 0 Å². The summed E-state index contributed by atoms with van der Waals surface area (Å²) >= 11 is 0. The number of carbonyl (C=O) groups is 1. The number of fused-ring (bicyclic) bond motifs is 1. The van der Waals surface area contributed by atoms with Gasteiger partial charge in [-0.25, -0.2) is 0 Å². The van der Waals surface area contributed by atoms with Crippen LogP contribution in [0.5, 0.6) is 0 Å². The predicted molar refractivity (Wildman–Crippen MR) is 86.5 cm³/mol. The molecule has 1 aromatic heterocycles. The molecule has 21 heavy (non-hydrogen) atoms. The first-order chi connectivity index (χ1) is 10.1. The van der Waals surface area contributed by atoms with Gasteiger partial charge in [-0.3, -0.25) is 4.79 Å². The summed E-state index contributed by atoms with van der Waals surface area (Å²) in [6, 6.07) is 16.1. The van der Waals surface area contributed by atoms with E-state index in [9.17, 15) is 4.79 Å². The van der Waals surface area contributed by atoms with Gasteiger partial charge in [0.05, 0.1) is 0 Å². The Hall–Kier alpha value is -2.55. The molecule has 0 bridgehead atoms. The second kappa shape index (κ2) is 5.44. The molecule has 106 valence electrons. The highest BCUT2D eigenvalue weighted by Gasteiger charge is 2.07. The third kappa shape index (κ3) is 2.97. The molecule has 0 unspecified atom stereocenters. The van der Waals surface area contributed by atoms with Gasteiger partial charge in [-0.15, -0.1) is 0 Å². The van der Waals surface area contributed by atoms with Crippen LogP contribution >= 0.6 is 0 Å². The van der Waals surface area contributed by atoms with Crippen molar-refractivity contribution in [2.45, 2.75) is 20.4 Å². The lowest BCUT2D eigenvalue weighted by Crippen LogP contribution is -2.18. The lowest BCUT2D eigenvalue weighted by atomic mass is 10.2. The van der Waals surface area contributed by atoms with Crippen LogP contribution in [0, 0.1) is 13.8 Å². The zero-order chi connectivity index (χ0) is 14.8. The van der Waals surface area contributed by atoms with Gasteiger partial charge in [0.25, 0.3) is 0 Å². The molecular weight excluding hydrogens is 260 g/mol. The highest BCUT2D eigenvalue weighted by atomic mass is 16.1. The lowest BCUT2D eigenvalue weighted by Gasteiger charge is -2.08. The maximum absolute atomic E-state index is 12.2. The molecule has 2 aromatic carbocycles. The van der Waals surface area contributed by atoms with Crippen molar-refractivity contribution in [2.75, 3.05) is 5.32 Å². The summed E-state index contributed by atoms with van der Waals surface area (Å²) in [5, 5.41) is 4.08. The van der Waals surface area contributed by atoms with Crippen molar-refractivity contribution in [3.8, 4) is 0 Å². The van der Waals surface area contributed by atoms with Crippen LogP contribution in [0.2, 0.25) is 0 Å². The Labute approximate surface area is 124 Å². The fourth-order valence-corrected chi connectivity index (χ4v) is 2.42. The topological polar surface area (TPSA) is 34.0 Å². The number of amides is 1. The largest absolute Gasteiger partial charge is 0.338 e. The van der Waals surface area contributed by atoms with Crippen LogP contribution in [0.15, 0.2) is 54.7 Å². The zero-order valence-corrected chi connectivity index (χ0v) is 12.3. The summed E-state index contributed by atoms with van der Waals surface area (Å²) in [6.07, 6.45) is 1.96. The summed E-state index contributed by atoms with van der Waals surface area (Å²) < 4.78 is 1.98. The summed E-state index contributed by atoms with van der Waals surface area (Å²) in [4.78, 5) is 12.2.